The van der Waals surface area contributed by atoms with Gasteiger partial charge in [0.1, 0.15) is 0 Å². The number of para-hydroxylation sites is 2. The number of amides is 1. The van der Waals surface area contributed by atoms with Gasteiger partial charge in [0, 0.05) is 6.20 Å². The molecule has 1 aromatic heterocycles. The second-order valence-electron chi connectivity index (χ2n) is 5.33. The highest BCUT2D eigenvalue weighted by Crippen LogP contribution is 2.25. The number of nitrogens with zero attached hydrogens (tertiary/aromatic N) is 1. The largest absolute Gasteiger partial charge is 0.493 e. The fraction of sp³-hybridized carbons (Fsp3) is 0.294. The molecule has 2 rings (SSSR count). The molecule has 0 aliphatic heterocycles. The Hall–Kier alpha value is -2.56. The first kappa shape index (κ1) is 15.8. The van der Waals surface area contributed by atoms with Crippen molar-refractivity contribution in [1.82, 2.24) is 10.3 Å². The Morgan fingerprint density at radius 3 is 2.45 bits per heavy atom. The van der Waals surface area contributed by atoms with Crippen LogP contribution < -0.4 is 14.8 Å². The maximum atomic E-state index is 12.1. The second-order valence-corrected chi connectivity index (χ2v) is 5.33. The summed E-state index contributed by atoms with van der Waals surface area (Å²) in [6.45, 7) is 3.71. The van der Waals surface area contributed by atoms with Gasteiger partial charge in [-0.25, -0.2) is 0 Å². The molecule has 1 aromatic carbocycles. The van der Waals surface area contributed by atoms with Gasteiger partial charge in [-0.3, -0.25) is 9.78 Å². The van der Waals surface area contributed by atoms with Gasteiger partial charge in [-0.1, -0.05) is 18.2 Å². The number of carbonyl (C=O) groups excluding carboxylic acids is 1. The van der Waals surface area contributed by atoms with Crippen LogP contribution in [0, 0.1) is 0 Å². The molecule has 0 saturated carbocycles. The van der Waals surface area contributed by atoms with E-state index in [1.54, 1.807) is 25.4 Å². The maximum Gasteiger partial charge on any atom is 0.258 e. The van der Waals surface area contributed by atoms with Crippen LogP contribution in [0.4, 0.5) is 0 Å². The van der Waals surface area contributed by atoms with Crippen molar-refractivity contribution < 1.29 is 14.3 Å². The number of methoxy groups -OCH3 is 1. The molecule has 0 aliphatic carbocycles. The van der Waals surface area contributed by atoms with E-state index in [-0.39, 0.29) is 12.5 Å². The molecule has 0 unspecified atom stereocenters. The van der Waals surface area contributed by atoms with E-state index in [1.807, 2.05) is 44.2 Å². The topological polar surface area (TPSA) is 60.5 Å². The Morgan fingerprint density at radius 1 is 1.14 bits per heavy atom. The summed E-state index contributed by atoms with van der Waals surface area (Å²) in [6.07, 6.45) is 1.70. The van der Waals surface area contributed by atoms with E-state index in [1.165, 1.54) is 0 Å². The van der Waals surface area contributed by atoms with Gasteiger partial charge in [0.15, 0.2) is 18.1 Å². The van der Waals surface area contributed by atoms with Gasteiger partial charge in [-0.15, -0.1) is 0 Å². The van der Waals surface area contributed by atoms with Crippen LogP contribution in [-0.4, -0.2) is 24.6 Å². The molecule has 1 N–H and O–H groups in total. The van der Waals surface area contributed by atoms with Crippen molar-refractivity contribution in [3.05, 3.63) is 54.4 Å². The molecular formula is C17H20N2O3. The molecule has 0 bridgehead atoms. The lowest BCUT2D eigenvalue weighted by Gasteiger charge is -2.25. The lowest BCUT2D eigenvalue weighted by atomic mass is 10.00. The first-order valence-electron chi connectivity index (χ1n) is 7.01. The minimum absolute atomic E-state index is 0.0867. The third kappa shape index (κ3) is 3.97. The van der Waals surface area contributed by atoms with Gasteiger partial charge in [-0.2, -0.15) is 0 Å². The maximum absolute atomic E-state index is 12.1. The standard InChI is InChI=1S/C17H20N2O3/c1-17(2,15-10-6-7-11-18-15)19-16(20)12-22-14-9-5-4-8-13(14)21-3/h4-11H,12H2,1-3H3,(H,19,20). The fourth-order valence-corrected chi connectivity index (χ4v) is 2.06. The molecule has 1 amide bonds. The summed E-state index contributed by atoms with van der Waals surface area (Å²) in [5.74, 6) is 0.914. The molecule has 0 fully saturated rings. The minimum Gasteiger partial charge on any atom is -0.493 e. The lowest BCUT2D eigenvalue weighted by molar-refractivity contribution is -0.124. The van der Waals surface area contributed by atoms with Gasteiger partial charge in [0.05, 0.1) is 18.3 Å². The molecule has 2 aromatic rings. The van der Waals surface area contributed by atoms with Crippen LogP contribution in [0.15, 0.2) is 48.7 Å². The van der Waals surface area contributed by atoms with Crippen molar-refractivity contribution in [1.29, 1.82) is 0 Å². The van der Waals surface area contributed by atoms with Gasteiger partial charge < -0.3 is 14.8 Å². The van der Waals surface area contributed by atoms with Crippen LogP contribution >= 0.6 is 0 Å². The summed E-state index contributed by atoms with van der Waals surface area (Å²) in [4.78, 5) is 16.4. The zero-order valence-corrected chi connectivity index (χ0v) is 13.0. The number of carbonyl (C=O) groups is 1. The number of ether oxygens (including phenoxy) is 2. The SMILES string of the molecule is COc1ccccc1OCC(=O)NC(C)(C)c1ccccn1. The van der Waals surface area contributed by atoms with Crippen molar-refractivity contribution >= 4 is 5.91 Å². The Labute approximate surface area is 130 Å². The van der Waals surface area contributed by atoms with Crippen LogP contribution in [0.25, 0.3) is 0 Å². The average Bonchev–Trinajstić information content (AvgIpc) is 2.53. The average molecular weight is 300 g/mol. The smallest absolute Gasteiger partial charge is 0.258 e. The van der Waals surface area contributed by atoms with Gasteiger partial charge in [0.25, 0.3) is 5.91 Å². The van der Waals surface area contributed by atoms with Crippen molar-refractivity contribution in [3.8, 4) is 11.5 Å². The molecule has 5 heteroatoms. The van der Waals surface area contributed by atoms with E-state index in [9.17, 15) is 4.79 Å². The number of hydrogen-bond donors (Lipinski definition) is 1. The predicted molar refractivity (Wildman–Crippen MR) is 83.9 cm³/mol. The van der Waals surface area contributed by atoms with Crippen LogP contribution in [0.3, 0.4) is 0 Å². The van der Waals surface area contributed by atoms with Gasteiger partial charge >= 0.3 is 0 Å². The minimum atomic E-state index is -0.567. The van der Waals surface area contributed by atoms with E-state index in [0.717, 1.165) is 5.69 Å². The highest BCUT2D eigenvalue weighted by atomic mass is 16.5. The first-order valence-corrected chi connectivity index (χ1v) is 7.01. The molecule has 22 heavy (non-hydrogen) atoms. The zero-order chi connectivity index (χ0) is 16.0. The van der Waals surface area contributed by atoms with Crippen molar-refractivity contribution in [2.24, 2.45) is 0 Å². The molecule has 0 radical (unpaired) electrons. The summed E-state index contributed by atoms with van der Waals surface area (Å²) in [5.41, 5.74) is 0.225. The summed E-state index contributed by atoms with van der Waals surface area (Å²) in [5, 5.41) is 2.91. The Kier molecular flexibility index (Phi) is 4.99. The number of hydrogen-bond acceptors (Lipinski definition) is 4. The van der Waals surface area contributed by atoms with Crippen LogP contribution in [0.5, 0.6) is 11.5 Å². The predicted octanol–water partition coefficient (Wildman–Crippen LogP) is 2.52. The normalized spacial score (nSPS) is 10.9. The summed E-state index contributed by atoms with van der Waals surface area (Å²) in [7, 11) is 1.56. The second kappa shape index (κ2) is 6.93. The van der Waals surface area contributed by atoms with E-state index >= 15 is 0 Å². The van der Waals surface area contributed by atoms with Gasteiger partial charge in [0.2, 0.25) is 0 Å². The lowest BCUT2D eigenvalue weighted by Crippen LogP contribution is -2.43. The van der Waals surface area contributed by atoms with Crippen molar-refractivity contribution in [2.45, 2.75) is 19.4 Å². The van der Waals surface area contributed by atoms with Crippen LogP contribution in [-0.2, 0) is 10.3 Å². The molecule has 116 valence electrons. The Bertz CT molecular complexity index is 627. The highest BCUT2D eigenvalue weighted by molar-refractivity contribution is 5.78. The highest BCUT2D eigenvalue weighted by Gasteiger charge is 2.24. The molecule has 0 aliphatic rings. The quantitative estimate of drug-likeness (QED) is 0.890. The number of aromatic nitrogens is 1. The number of nitrogens with one attached hydrogen (secondary N) is 1. The van der Waals surface area contributed by atoms with Crippen molar-refractivity contribution in [2.75, 3.05) is 13.7 Å². The van der Waals surface area contributed by atoms with Crippen LogP contribution in [0.2, 0.25) is 0 Å². The van der Waals surface area contributed by atoms with Crippen LogP contribution in [0.1, 0.15) is 19.5 Å². The third-order valence-electron chi connectivity index (χ3n) is 3.19. The summed E-state index contributed by atoms with van der Waals surface area (Å²) < 4.78 is 10.7. The molecule has 0 spiro atoms. The molecule has 1 heterocycles. The fourth-order valence-electron chi connectivity index (χ4n) is 2.06. The van der Waals surface area contributed by atoms with Crippen molar-refractivity contribution in [3.63, 3.8) is 0 Å². The van der Waals surface area contributed by atoms with Gasteiger partial charge in [-0.05, 0) is 38.1 Å². The molecule has 0 saturated heterocycles. The van der Waals surface area contributed by atoms with E-state index in [0.29, 0.717) is 11.5 Å². The summed E-state index contributed by atoms with van der Waals surface area (Å²) >= 11 is 0. The van der Waals surface area contributed by atoms with E-state index in [4.69, 9.17) is 9.47 Å². The summed E-state index contributed by atoms with van der Waals surface area (Å²) in [6, 6.07) is 12.8. The number of pyridine rings is 1. The Balaban J connectivity index is 1.96. The Morgan fingerprint density at radius 2 is 1.82 bits per heavy atom. The monoisotopic (exact) mass is 300 g/mol. The number of benzene rings is 1. The molecule has 5 nitrogen and oxygen atoms in total. The number of rotatable bonds is 6. The zero-order valence-electron chi connectivity index (χ0n) is 13.0. The van der Waals surface area contributed by atoms with E-state index in [2.05, 4.69) is 10.3 Å². The first-order chi connectivity index (χ1) is 10.5. The molecule has 0 atom stereocenters. The third-order valence-corrected chi connectivity index (χ3v) is 3.19. The van der Waals surface area contributed by atoms with E-state index < -0.39 is 5.54 Å². The molecular weight excluding hydrogens is 280 g/mol.